The Balaban J connectivity index is 0.995. The van der Waals surface area contributed by atoms with Gasteiger partial charge in [0.25, 0.3) is 0 Å². The number of nitrogens with zero attached hydrogens (tertiary/aromatic N) is 2. The van der Waals surface area contributed by atoms with Crippen LogP contribution >= 0.6 is 23.5 Å². The van der Waals surface area contributed by atoms with E-state index in [2.05, 4.69) is 169 Å². The SMILES string of the molecule is CCCCCCN1c2ccccc2Sc2cc(-c3ccc4c5ccc(-c6ccc7c(c6)Sc6ccccc6N7CCCCCC)c6cccc(c7cccc3c74)c65)ccc21. The molecule has 0 aliphatic carbocycles. The van der Waals surface area contributed by atoms with E-state index in [9.17, 15) is 0 Å². The molecule has 9 aromatic carbocycles. The molecule has 2 aliphatic rings. The van der Waals surface area contributed by atoms with E-state index in [1.165, 1.54) is 159 Å². The van der Waals surface area contributed by atoms with Gasteiger partial charge in [-0.2, -0.15) is 0 Å². The van der Waals surface area contributed by atoms with Crippen LogP contribution in [0.3, 0.4) is 0 Å². The van der Waals surface area contributed by atoms with Crippen molar-refractivity contribution in [1.82, 2.24) is 0 Å². The van der Waals surface area contributed by atoms with Crippen LogP contribution in [0.2, 0.25) is 0 Å². The van der Waals surface area contributed by atoms with Gasteiger partial charge in [0.15, 0.2) is 0 Å². The lowest BCUT2D eigenvalue weighted by molar-refractivity contribution is 0.666. The number of para-hydroxylation sites is 2. The van der Waals surface area contributed by atoms with Crippen LogP contribution in [0.5, 0.6) is 0 Å². The summed E-state index contributed by atoms with van der Waals surface area (Å²) < 4.78 is 0. The molecular weight excluding hydrogens is 765 g/mol. The molecule has 11 rings (SSSR count). The Morgan fingerprint density at radius 3 is 1.23 bits per heavy atom. The summed E-state index contributed by atoms with van der Waals surface area (Å²) in [6, 6.07) is 55.7. The van der Waals surface area contributed by atoms with Gasteiger partial charge in [-0.15, -0.1) is 0 Å². The average Bonchev–Trinajstić information content (AvgIpc) is 3.29. The van der Waals surface area contributed by atoms with E-state index < -0.39 is 0 Å². The summed E-state index contributed by atoms with van der Waals surface area (Å²) in [4.78, 5) is 10.5. The van der Waals surface area contributed by atoms with Crippen LogP contribution < -0.4 is 9.80 Å². The Labute approximate surface area is 362 Å². The minimum Gasteiger partial charge on any atom is -0.340 e. The summed E-state index contributed by atoms with van der Waals surface area (Å²) in [5, 5.41) is 10.7. The normalized spacial score (nSPS) is 13.3. The Morgan fingerprint density at radius 1 is 0.350 bits per heavy atom. The van der Waals surface area contributed by atoms with Crippen LogP contribution in [-0.4, -0.2) is 13.1 Å². The van der Waals surface area contributed by atoms with E-state index in [0.717, 1.165) is 13.1 Å². The van der Waals surface area contributed by atoms with Gasteiger partial charge in [0.1, 0.15) is 0 Å². The highest BCUT2D eigenvalue weighted by Crippen LogP contribution is 2.52. The van der Waals surface area contributed by atoms with Crippen molar-refractivity contribution in [1.29, 1.82) is 0 Å². The molecule has 4 heteroatoms. The van der Waals surface area contributed by atoms with Crippen molar-refractivity contribution in [3.63, 3.8) is 0 Å². The second kappa shape index (κ2) is 15.9. The van der Waals surface area contributed by atoms with E-state index in [1.54, 1.807) is 0 Å². The molecule has 0 radical (unpaired) electrons. The maximum Gasteiger partial charge on any atom is 0.0553 e. The molecule has 0 fully saturated rings. The summed E-state index contributed by atoms with van der Waals surface area (Å²) in [7, 11) is 0. The minimum atomic E-state index is 1.05. The Hall–Kier alpha value is -5.42. The maximum absolute atomic E-state index is 2.57. The van der Waals surface area contributed by atoms with E-state index in [-0.39, 0.29) is 0 Å². The summed E-state index contributed by atoms with van der Waals surface area (Å²) in [6.45, 7) is 6.68. The highest BCUT2D eigenvalue weighted by molar-refractivity contribution is 8.00. The van der Waals surface area contributed by atoms with Crippen molar-refractivity contribution >= 4 is 89.4 Å². The highest BCUT2D eigenvalue weighted by Gasteiger charge is 2.26. The highest BCUT2D eigenvalue weighted by atomic mass is 32.2. The fourth-order valence-electron chi connectivity index (χ4n) is 10.1. The molecule has 0 bridgehead atoms. The van der Waals surface area contributed by atoms with Crippen molar-refractivity contribution in [3.8, 4) is 22.3 Å². The number of hydrogen-bond acceptors (Lipinski definition) is 4. The van der Waals surface area contributed by atoms with Gasteiger partial charge in [-0.3, -0.25) is 0 Å². The van der Waals surface area contributed by atoms with Crippen LogP contribution in [0.1, 0.15) is 65.2 Å². The third-order valence-corrected chi connectivity index (χ3v) is 15.2. The molecule has 60 heavy (non-hydrogen) atoms. The molecule has 0 amide bonds. The van der Waals surface area contributed by atoms with Crippen molar-refractivity contribution in [3.05, 3.63) is 146 Å². The molecule has 2 aliphatic heterocycles. The lowest BCUT2D eigenvalue weighted by Crippen LogP contribution is -2.21. The van der Waals surface area contributed by atoms with Crippen molar-refractivity contribution < 1.29 is 0 Å². The Bertz CT molecular complexity index is 2830. The quantitative estimate of drug-likeness (QED) is 0.0688. The molecule has 0 saturated heterocycles. The molecule has 0 unspecified atom stereocenters. The summed E-state index contributed by atoms with van der Waals surface area (Å²) in [6.07, 6.45) is 10.1. The van der Waals surface area contributed by atoms with Gasteiger partial charge >= 0.3 is 0 Å². The number of benzene rings is 9. The van der Waals surface area contributed by atoms with Gasteiger partial charge in [0.2, 0.25) is 0 Å². The number of hydrogen-bond donors (Lipinski definition) is 0. The summed E-state index contributed by atoms with van der Waals surface area (Å²) in [5.41, 5.74) is 10.5. The fourth-order valence-corrected chi connectivity index (χ4v) is 12.4. The first kappa shape index (κ1) is 37.6. The van der Waals surface area contributed by atoms with Gasteiger partial charge in [-0.1, -0.05) is 173 Å². The van der Waals surface area contributed by atoms with Gasteiger partial charge < -0.3 is 9.80 Å². The zero-order valence-electron chi connectivity index (χ0n) is 34.6. The van der Waals surface area contributed by atoms with Crippen LogP contribution in [0.4, 0.5) is 22.7 Å². The summed E-state index contributed by atoms with van der Waals surface area (Å²) in [5.74, 6) is 0. The number of unbranched alkanes of at least 4 members (excludes halogenated alkanes) is 6. The molecule has 9 aromatic rings. The molecule has 0 N–H and O–H groups in total. The molecule has 2 nitrogen and oxygen atoms in total. The van der Waals surface area contributed by atoms with Crippen molar-refractivity contribution in [2.45, 2.75) is 84.8 Å². The largest absolute Gasteiger partial charge is 0.340 e. The van der Waals surface area contributed by atoms with Gasteiger partial charge in [0.05, 0.1) is 22.7 Å². The molecule has 0 atom stereocenters. The van der Waals surface area contributed by atoms with Gasteiger partial charge in [-0.25, -0.2) is 0 Å². The zero-order valence-corrected chi connectivity index (χ0v) is 36.3. The third kappa shape index (κ3) is 6.34. The predicted molar refractivity (Wildman–Crippen MR) is 262 cm³/mol. The lowest BCUT2D eigenvalue weighted by atomic mass is 9.85. The van der Waals surface area contributed by atoms with Crippen molar-refractivity contribution in [2.24, 2.45) is 0 Å². The smallest absolute Gasteiger partial charge is 0.0553 e. The number of rotatable bonds is 12. The van der Waals surface area contributed by atoms with E-state index >= 15 is 0 Å². The molecule has 0 spiro atoms. The first-order valence-corrected chi connectivity index (χ1v) is 23.8. The van der Waals surface area contributed by atoms with Gasteiger partial charge in [-0.05, 0) is 127 Å². The zero-order chi connectivity index (χ0) is 40.2. The predicted octanol–water partition coefficient (Wildman–Crippen LogP) is 17.4. The number of fused-ring (bicyclic) bond motifs is 6. The van der Waals surface area contributed by atoms with Crippen LogP contribution in [0.15, 0.2) is 165 Å². The Morgan fingerprint density at radius 2 is 0.767 bits per heavy atom. The van der Waals surface area contributed by atoms with E-state index in [0.29, 0.717) is 0 Å². The average molecular weight is 815 g/mol. The topological polar surface area (TPSA) is 6.48 Å². The van der Waals surface area contributed by atoms with Crippen molar-refractivity contribution in [2.75, 3.05) is 22.9 Å². The monoisotopic (exact) mass is 814 g/mol. The molecule has 2 heterocycles. The van der Waals surface area contributed by atoms with Crippen LogP contribution in [0.25, 0.3) is 65.3 Å². The minimum absolute atomic E-state index is 1.05. The standard InChI is InChI=1S/C56H50N2S2/c1-3-5-7-13-33-57-47-21-9-11-23-51(47)59-53-35-37(25-31-49(53)57)39-27-29-45-46-30-28-40(42-18-16-20-44(56(42)46)43-19-15-17-41(39)55(43)45)38-26-32-50-54(36-38)60-52-24-12-10-22-48(52)58(50)34-14-8-6-4-2/h9-12,15-32,35-36H,3-8,13-14,33-34H2,1-2H3. The van der Waals surface area contributed by atoms with Crippen LogP contribution in [0, 0.1) is 0 Å². The molecule has 0 aromatic heterocycles. The molecular formula is C56H50N2S2. The second-order valence-electron chi connectivity index (χ2n) is 16.7. The fraction of sp³-hybridized carbons (Fsp3) is 0.214. The van der Waals surface area contributed by atoms with E-state index in [1.807, 2.05) is 23.5 Å². The third-order valence-electron chi connectivity index (χ3n) is 13.0. The Kier molecular flexibility index (Phi) is 9.94. The lowest BCUT2D eigenvalue weighted by Gasteiger charge is -2.33. The number of anilines is 4. The first-order valence-electron chi connectivity index (χ1n) is 22.2. The van der Waals surface area contributed by atoms with Crippen LogP contribution in [-0.2, 0) is 0 Å². The van der Waals surface area contributed by atoms with Gasteiger partial charge in [0, 0.05) is 32.7 Å². The first-order chi connectivity index (χ1) is 29.7. The summed E-state index contributed by atoms with van der Waals surface area (Å²) >= 11 is 3.83. The molecule has 296 valence electrons. The maximum atomic E-state index is 2.57. The van der Waals surface area contributed by atoms with E-state index in [4.69, 9.17) is 0 Å². The molecule has 0 saturated carbocycles. The second-order valence-corrected chi connectivity index (χ2v) is 18.9.